The maximum atomic E-state index is 4.60. The third-order valence-electron chi connectivity index (χ3n) is 3.63. The number of likely N-dealkylation sites (N-methyl/N-ethyl adjacent to an activating group) is 1. The Morgan fingerprint density at radius 1 is 1.39 bits per heavy atom. The molecule has 0 radical (unpaired) electrons. The van der Waals surface area contributed by atoms with Gasteiger partial charge < -0.3 is 10.2 Å². The van der Waals surface area contributed by atoms with Crippen LogP contribution in [0.4, 0.5) is 5.82 Å². The molecule has 0 aliphatic carbocycles. The van der Waals surface area contributed by atoms with E-state index in [1.165, 1.54) is 29.3 Å². The van der Waals surface area contributed by atoms with E-state index in [0.29, 0.717) is 6.04 Å². The molecule has 3 rings (SSSR count). The van der Waals surface area contributed by atoms with E-state index >= 15 is 0 Å². The Balaban J connectivity index is 1.76. The standard InChI is InChI=1S/C14H19N3S/c1-17(10-11-6-4-5-9-15-11)14-12-7-2-3-8-13(12)18-16-14/h2-3,7-8,11,15H,4-6,9-10H2,1H3/t11-/m1/s1. The molecule has 0 saturated carbocycles. The minimum absolute atomic E-state index is 0.615. The summed E-state index contributed by atoms with van der Waals surface area (Å²) >= 11 is 1.59. The zero-order valence-corrected chi connectivity index (χ0v) is 11.5. The molecular weight excluding hydrogens is 242 g/mol. The molecule has 2 aromatic rings. The smallest absolute Gasteiger partial charge is 0.149 e. The summed E-state index contributed by atoms with van der Waals surface area (Å²) in [7, 11) is 2.15. The monoisotopic (exact) mass is 261 g/mol. The van der Waals surface area contributed by atoms with Crippen LogP contribution in [-0.4, -0.2) is 30.6 Å². The normalized spacial score (nSPS) is 20.2. The average molecular weight is 261 g/mol. The maximum absolute atomic E-state index is 4.60. The molecule has 3 nitrogen and oxygen atoms in total. The van der Waals surface area contributed by atoms with E-state index in [9.17, 15) is 0 Å². The van der Waals surface area contributed by atoms with Gasteiger partial charge in [-0.05, 0) is 43.1 Å². The second kappa shape index (κ2) is 5.24. The zero-order valence-electron chi connectivity index (χ0n) is 10.7. The van der Waals surface area contributed by atoms with Gasteiger partial charge in [-0.3, -0.25) is 0 Å². The predicted octanol–water partition coefficient (Wildman–Crippen LogP) is 2.87. The quantitative estimate of drug-likeness (QED) is 0.921. The molecule has 0 spiro atoms. The Morgan fingerprint density at radius 3 is 3.11 bits per heavy atom. The first-order valence-corrected chi connectivity index (χ1v) is 7.41. The lowest BCUT2D eigenvalue weighted by Crippen LogP contribution is -2.42. The van der Waals surface area contributed by atoms with Crippen molar-refractivity contribution in [1.82, 2.24) is 9.69 Å². The molecule has 0 bridgehead atoms. The second-order valence-electron chi connectivity index (χ2n) is 5.03. The Hall–Kier alpha value is -1.13. The molecule has 1 aliphatic rings. The van der Waals surface area contributed by atoms with Crippen molar-refractivity contribution >= 4 is 27.4 Å². The van der Waals surface area contributed by atoms with Crippen LogP contribution in [0.5, 0.6) is 0 Å². The zero-order chi connectivity index (χ0) is 12.4. The number of fused-ring (bicyclic) bond motifs is 1. The number of nitrogens with zero attached hydrogens (tertiary/aromatic N) is 2. The minimum Gasteiger partial charge on any atom is -0.357 e. The third kappa shape index (κ3) is 2.35. The molecule has 4 heteroatoms. The lowest BCUT2D eigenvalue weighted by Gasteiger charge is -2.28. The summed E-state index contributed by atoms with van der Waals surface area (Å²) in [4.78, 5) is 2.29. The molecule has 0 amide bonds. The SMILES string of the molecule is CN(C[C@H]1CCCCN1)c1nsc2ccccc12. The van der Waals surface area contributed by atoms with Gasteiger partial charge in [0.1, 0.15) is 5.82 Å². The van der Waals surface area contributed by atoms with E-state index in [-0.39, 0.29) is 0 Å². The van der Waals surface area contributed by atoms with E-state index in [1.807, 2.05) is 0 Å². The van der Waals surface area contributed by atoms with Crippen LogP contribution < -0.4 is 10.2 Å². The molecule has 96 valence electrons. The summed E-state index contributed by atoms with van der Waals surface area (Å²) in [6, 6.07) is 9.09. The third-order valence-corrected chi connectivity index (χ3v) is 4.44. The van der Waals surface area contributed by atoms with Gasteiger partial charge in [0.25, 0.3) is 0 Å². The second-order valence-corrected chi connectivity index (χ2v) is 5.83. The van der Waals surface area contributed by atoms with Crippen molar-refractivity contribution in [2.24, 2.45) is 0 Å². The van der Waals surface area contributed by atoms with Crippen molar-refractivity contribution < 1.29 is 0 Å². The fraction of sp³-hybridized carbons (Fsp3) is 0.500. The Bertz CT molecular complexity index is 516. The number of benzene rings is 1. The predicted molar refractivity (Wildman–Crippen MR) is 78.5 cm³/mol. The fourth-order valence-corrected chi connectivity index (χ4v) is 3.46. The Morgan fingerprint density at radius 2 is 2.28 bits per heavy atom. The number of nitrogens with one attached hydrogen (secondary N) is 1. The van der Waals surface area contributed by atoms with Gasteiger partial charge in [0.15, 0.2) is 0 Å². The lowest BCUT2D eigenvalue weighted by molar-refractivity contribution is 0.403. The average Bonchev–Trinajstić information content (AvgIpc) is 2.84. The number of aromatic nitrogens is 1. The van der Waals surface area contributed by atoms with E-state index in [1.54, 1.807) is 11.5 Å². The first-order valence-electron chi connectivity index (χ1n) is 6.63. The van der Waals surface area contributed by atoms with Crippen molar-refractivity contribution in [1.29, 1.82) is 0 Å². The van der Waals surface area contributed by atoms with Gasteiger partial charge in [-0.1, -0.05) is 18.6 Å². The summed E-state index contributed by atoms with van der Waals surface area (Å²) in [5.74, 6) is 1.13. The molecule has 1 aromatic carbocycles. The van der Waals surface area contributed by atoms with E-state index in [4.69, 9.17) is 0 Å². The fourth-order valence-electron chi connectivity index (χ4n) is 2.64. The Labute approximate surface area is 112 Å². The highest BCUT2D eigenvalue weighted by molar-refractivity contribution is 7.13. The lowest BCUT2D eigenvalue weighted by atomic mass is 10.0. The number of rotatable bonds is 3. The van der Waals surface area contributed by atoms with Crippen molar-refractivity contribution in [2.75, 3.05) is 25.0 Å². The van der Waals surface area contributed by atoms with Crippen LogP contribution >= 0.6 is 11.5 Å². The first kappa shape index (κ1) is 11.9. The van der Waals surface area contributed by atoms with Gasteiger partial charge >= 0.3 is 0 Å². The maximum Gasteiger partial charge on any atom is 0.149 e. The van der Waals surface area contributed by atoms with Gasteiger partial charge in [-0.25, -0.2) is 0 Å². The number of piperidine rings is 1. The molecule has 18 heavy (non-hydrogen) atoms. The molecule has 2 heterocycles. The molecule has 1 atom stereocenters. The largest absolute Gasteiger partial charge is 0.357 e. The summed E-state index contributed by atoms with van der Waals surface area (Å²) < 4.78 is 5.87. The topological polar surface area (TPSA) is 28.2 Å². The van der Waals surface area contributed by atoms with Crippen molar-refractivity contribution in [3.63, 3.8) is 0 Å². The van der Waals surface area contributed by atoms with Crippen LogP contribution in [0.15, 0.2) is 24.3 Å². The number of hydrogen-bond acceptors (Lipinski definition) is 4. The molecule has 1 fully saturated rings. The highest BCUT2D eigenvalue weighted by Crippen LogP contribution is 2.28. The summed E-state index contributed by atoms with van der Waals surface area (Å²) in [5, 5.41) is 4.87. The Kier molecular flexibility index (Phi) is 3.48. The van der Waals surface area contributed by atoms with Gasteiger partial charge in [0.05, 0.1) is 4.70 Å². The first-order chi connectivity index (χ1) is 8.84. The summed E-state index contributed by atoms with van der Waals surface area (Å²) in [6.07, 6.45) is 3.95. The molecule has 0 unspecified atom stereocenters. The van der Waals surface area contributed by atoms with Crippen molar-refractivity contribution in [2.45, 2.75) is 25.3 Å². The highest BCUT2D eigenvalue weighted by Gasteiger charge is 2.17. The molecule has 1 aromatic heterocycles. The van der Waals surface area contributed by atoms with E-state index < -0.39 is 0 Å². The van der Waals surface area contributed by atoms with Gasteiger partial charge in [0.2, 0.25) is 0 Å². The van der Waals surface area contributed by atoms with Crippen LogP contribution in [-0.2, 0) is 0 Å². The van der Waals surface area contributed by atoms with Crippen LogP contribution in [0.25, 0.3) is 10.1 Å². The van der Waals surface area contributed by atoms with Crippen LogP contribution in [0, 0.1) is 0 Å². The van der Waals surface area contributed by atoms with E-state index in [0.717, 1.165) is 18.9 Å². The van der Waals surface area contributed by atoms with Crippen molar-refractivity contribution in [3.8, 4) is 0 Å². The minimum atomic E-state index is 0.615. The number of anilines is 1. The van der Waals surface area contributed by atoms with Crippen molar-refractivity contribution in [3.05, 3.63) is 24.3 Å². The summed E-state index contributed by atoms with van der Waals surface area (Å²) in [5.41, 5.74) is 0. The van der Waals surface area contributed by atoms with Crippen LogP contribution in [0.3, 0.4) is 0 Å². The summed E-state index contributed by atoms with van der Waals surface area (Å²) in [6.45, 7) is 2.21. The molecule has 1 N–H and O–H groups in total. The molecule has 1 aliphatic heterocycles. The van der Waals surface area contributed by atoms with Gasteiger partial charge in [-0.15, -0.1) is 0 Å². The van der Waals surface area contributed by atoms with Crippen LogP contribution in [0.1, 0.15) is 19.3 Å². The van der Waals surface area contributed by atoms with E-state index in [2.05, 4.69) is 45.9 Å². The highest BCUT2D eigenvalue weighted by atomic mass is 32.1. The van der Waals surface area contributed by atoms with Gasteiger partial charge in [-0.2, -0.15) is 4.37 Å². The van der Waals surface area contributed by atoms with Gasteiger partial charge in [0, 0.05) is 25.0 Å². The molecular formula is C14H19N3S. The molecule has 1 saturated heterocycles. The van der Waals surface area contributed by atoms with Crippen LogP contribution in [0.2, 0.25) is 0 Å². The number of hydrogen-bond donors (Lipinski definition) is 1.